The number of hydrogen-bond acceptors (Lipinski definition) is 5. The van der Waals surface area contributed by atoms with Gasteiger partial charge in [-0.05, 0) is 19.3 Å². The minimum atomic E-state index is -0.769. The summed E-state index contributed by atoms with van der Waals surface area (Å²) in [4.78, 5) is 14.5. The molecule has 0 bridgehead atoms. The Morgan fingerprint density at radius 2 is 2.22 bits per heavy atom. The third-order valence-electron chi connectivity index (χ3n) is 3.50. The van der Waals surface area contributed by atoms with Gasteiger partial charge in [0.1, 0.15) is 11.3 Å². The first kappa shape index (κ1) is 11.4. The molecule has 1 fully saturated rings. The van der Waals surface area contributed by atoms with Gasteiger partial charge in [-0.1, -0.05) is 11.6 Å². The van der Waals surface area contributed by atoms with Crippen LogP contribution >= 0.6 is 11.6 Å². The Balaban J connectivity index is 2.25. The zero-order valence-electron chi connectivity index (χ0n) is 9.40. The molecule has 0 aromatic heterocycles. The number of rotatable bonds is 2. The second kappa shape index (κ2) is 3.90. The molecule has 1 aliphatic heterocycles. The first-order valence-corrected chi connectivity index (χ1v) is 5.96. The maximum absolute atomic E-state index is 10.6. The molecule has 1 heterocycles. The number of nitrogens with zero attached hydrogens (tertiary/aromatic N) is 1. The second-order valence-corrected chi connectivity index (χ2v) is 4.81. The third-order valence-corrected chi connectivity index (χ3v) is 3.78. The van der Waals surface area contributed by atoms with Crippen molar-refractivity contribution in [3.05, 3.63) is 16.7 Å². The highest BCUT2D eigenvalue weighted by Gasteiger charge is 2.45. The van der Waals surface area contributed by atoms with Crippen molar-refractivity contribution in [2.75, 3.05) is 6.79 Å². The summed E-state index contributed by atoms with van der Waals surface area (Å²) in [5.41, 5.74) is -0.328. The van der Waals surface area contributed by atoms with E-state index in [0.29, 0.717) is 29.9 Å². The predicted octanol–water partition coefficient (Wildman–Crippen LogP) is 2.49. The lowest BCUT2D eigenvalue weighted by Gasteiger charge is -2.37. The monoisotopic (exact) mass is 267 g/mol. The smallest absolute Gasteiger partial charge is 0.235 e. The van der Waals surface area contributed by atoms with E-state index in [-0.39, 0.29) is 17.6 Å². The van der Waals surface area contributed by atoms with Gasteiger partial charge in [0.15, 0.2) is 11.5 Å². The molecule has 1 aliphatic carbocycles. The molecular formula is C12H10ClNO4. The minimum Gasteiger partial charge on any atom is -0.506 e. The number of carbonyl (C=O) groups excluding carboxylic acids is 1. The van der Waals surface area contributed by atoms with Crippen LogP contribution in [0.5, 0.6) is 17.2 Å². The molecule has 1 saturated carbocycles. The SMILES string of the molecule is O=C=NC1(c2c(O)c(Cl)cc3c2OCO3)CCC1. The number of phenols is 1. The van der Waals surface area contributed by atoms with Crippen molar-refractivity contribution in [1.29, 1.82) is 0 Å². The standard InChI is InChI=1S/C12H10ClNO4/c13-7-4-8-11(18-6-17-8)9(10(7)16)12(14-5-15)2-1-3-12/h4,16H,1-3,6H2. The van der Waals surface area contributed by atoms with Gasteiger partial charge >= 0.3 is 0 Å². The van der Waals surface area contributed by atoms with E-state index < -0.39 is 5.54 Å². The molecule has 1 aromatic rings. The van der Waals surface area contributed by atoms with Crippen molar-refractivity contribution in [3.63, 3.8) is 0 Å². The molecule has 6 heteroatoms. The molecule has 0 unspecified atom stereocenters. The van der Waals surface area contributed by atoms with Gasteiger partial charge < -0.3 is 14.6 Å². The van der Waals surface area contributed by atoms with Crippen LogP contribution in [-0.2, 0) is 10.3 Å². The summed E-state index contributed by atoms with van der Waals surface area (Å²) in [6, 6.07) is 1.50. The van der Waals surface area contributed by atoms with Crippen LogP contribution < -0.4 is 9.47 Å². The molecule has 0 saturated heterocycles. The summed E-state index contributed by atoms with van der Waals surface area (Å²) >= 11 is 5.96. The van der Waals surface area contributed by atoms with Crippen molar-refractivity contribution in [2.24, 2.45) is 4.99 Å². The van der Waals surface area contributed by atoms with E-state index in [4.69, 9.17) is 21.1 Å². The largest absolute Gasteiger partial charge is 0.506 e. The van der Waals surface area contributed by atoms with E-state index in [2.05, 4.69) is 4.99 Å². The quantitative estimate of drug-likeness (QED) is 0.660. The average molecular weight is 268 g/mol. The average Bonchev–Trinajstić information content (AvgIpc) is 2.74. The first-order valence-electron chi connectivity index (χ1n) is 5.58. The van der Waals surface area contributed by atoms with E-state index in [0.717, 1.165) is 6.42 Å². The highest BCUT2D eigenvalue weighted by molar-refractivity contribution is 6.32. The number of fused-ring (bicyclic) bond motifs is 1. The molecule has 0 radical (unpaired) electrons. The highest BCUT2D eigenvalue weighted by atomic mass is 35.5. The molecule has 18 heavy (non-hydrogen) atoms. The summed E-state index contributed by atoms with van der Waals surface area (Å²) in [6.45, 7) is 0.0724. The fourth-order valence-corrected chi connectivity index (χ4v) is 2.64. The number of aromatic hydroxyl groups is 1. The lowest BCUT2D eigenvalue weighted by Crippen LogP contribution is -2.32. The Bertz CT molecular complexity index is 562. The number of aliphatic imine (C=N–C) groups is 1. The molecule has 0 atom stereocenters. The van der Waals surface area contributed by atoms with Crippen LogP contribution in [0.4, 0.5) is 0 Å². The van der Waals surface area contributed by atoms with Crippen molar-refractivity contribution in [3.8, 4) is 17.2 Å². The van der Waals surface area contributed by atoms with E-state index in [1.165, 1.54) is 6.07 Å². The van der Waals surface area contributed by atoms with E-state index in [1.54, 1.807) is 6.08 Å². The Morgan fingerprint density at radius 3 is 2.83 bits per heavy atom. The van der Waals surface area contributed by atoms with Gasteiger partial charge in [-0.3, -0.25) is 0 Å². The Morgan fingerprint density at radius 1 is 1.44 bits per heavy atom. The molecule has 1 aromatic carbocycles. The van der Waals surface area contributed by atoms with Gasteiger partial charge in [0.25, 0.3) is 0 Å². The van der Waals surface area contributed by atoms with Gasteiger partial charge in [-0.15, -0.1) is 0 Å². The van der Waals surface area contributed by atoms with Gasteiger partial charge in [0, 0.05) is 6.07 Å². The van der Waals surface area contributed by atoms with Gasteiger partial charge in [0.2, 0.25) is 12.9 Å². The summed E-state index contributed by atoms with van der Waals surface area (Å²) < 4.78 is 10.6. The molecule has 1 N–H and O–H groups in total. The molecule has 0 amide bonds. The Kier molecular flexibility index (Phi) is 2.47. The molecule has 94 valence electrons. The maximum Gasteiger partial charge on any atom is 0.235 e. The van der Waals surface area contributed by atoms with E-state index in [9.17, 15) is 9.90 Å². The Labute approximate surface area is 108 Å². The fourth-order valence-electron chi connectivity index (χ4n) is 2.45. The molecular weight excluding hydrogens is 258 g/mol. The van der Waals surface area contributed by atoms with Crippen LogP contribution in [0.15, 0.2) is 11.1 Å². The topological polar surface area (TPSA) is 68.1 Å². The predicted molar refractivity (Wildman–Crippen MR) is 62.9 cm³/mol. The first-order chi connectivity index (χ1) is 8.68. The summed E-state index contributed by atoms with van der Waals surface area (Å²) in [5.74, 6) is 0.801. The highest BCUT2D eigenvalue weighted by Crippen LogP contribution is 2.56. The van der Waals surface area contributed by atoms with Crippen LogP contribution in [0.3, 0.4) is 0 Å². The van der Waals surface area contributed by atoms with Gasteiger partial charge in [-0.2, -0.15) is 4.99 Å². The zero-order chi connectivity index (χ0) is 12.8. The minimum absolute atomic E-state index is 0.0724. The molecule has 5 nitrogen and oxygen atoms in total. The number of isocyanates is 1. The number of benzene rings is 1. The van der Waals surface area contributed by atoms with Crippen LogP contribution in [-0.4, -0.2) is 18.0 Å². The normalized spacial score (nSPS) is 18.9. The van der Waals surface area contributed by atoms with Crippen molar-refractivity contribution in [1.82, 2.24) is 0 Å². The van der Waals surface area contributed by atoms with Crippen LogP contribution in [0.1, 0.15) is 24.8 Å². The number of ether oxygens (including phenoxy) is 2. The maximum atomic E-state index is 10.6. The zero-order valence-corrected chi connectivity index (χ0v) is 10.2. The lowest BCUT2D eigenvalue weighted by atomic mass is 9.71. The van der Waals surface area contributed by atoms with Crippen LogP contribution in [0.2, 0.25) is 5.02 Å². The molecule has 0 spiro atoms. The summed E-state index contributed by atoms with van der Waals surface area (Å²) in [6.07, 6.45) is 3.81. The van der Waals surface area contributed by atoms with Crippen LogP contribution in [0.25, 0.3) is 0 Å². The van der Waals surface area contributed by atoms with Crippen molar-refractivity contribution < 1.29 is 19.4 Å². The fraction of sp³-hybridized carbons (Fsp3) is 0.417. The van der Waals surface area contributed by atoms with E-state index >= 15 is 0 Å². The number of phenolic OH excluding ortho intramolecular Hbond substituents is 1. The number of halogens is 1. The second-order valence-electron chi connectivity index (χ2n) is 4.40. The Hall–Kier alpha value is -1.71. The van der Waals surface area contributed by atoms with Crippen molar-refractivity contribution >= 4 is 17.7 Å². The van der Waals surface area contributed by atoms with Crippen molar-refractivity contribution in [2.45, 2.75) is 24.8 Å². The van der Waals surface area contributed by atoms with Crippen LogP contribution in [0, 0.1) is 0 Å². The third kappa shape index (κ3) is 1.41. The van der Waals surface area contributed by atoms with Gasteiger partial charge in [0.05, 0.1) is 10.6 Å². The van der Waals surface area contributed by atoms with E-state index in [1.807, 2.05) is 0 Å². The lowest BCUT2D eigenvalue weighted by molar-refractivity contribution is 0.168. The summed E-state index contributed by atoms with van der Waals surface area (Å²) in [5, 5.41) is 10.3. The van der Waals surface area contributed by atoms with Gasteiger partial charge in [-0.25, -0.2) is 4.79 Å². The number of hydrogen-bond donors (Lipinski definition) is 1. The summed E-state index contributed by atoms with van der Waals surface area (Å²) in [7, 11) is 0. The molecule has 2 aliphatic rings. The molecule has 3 rings (SSSR count).